The molecule has 0 aliphatic carbocycles. The highest BCUT2D eigenvalue weighted by molar-refractivity contribution is 6.77. The fourth-order valence-electron chi connectivity index (χ4n) is 11.5. The second-order valence-corrected chi connectivity index (χ2v) is 26.7. The van der Waals surface area contributed by atoms with Gasteiger partial charge in [0, 0.05) is 76.4 Å². The van der Waals surface area contributed by atoms with E-state index in [1.807, 2.05) is 17.0 Å². The highest BCUT2D eigenvalue weighted by Gasteiger charge is 2.45. The molecule has 4 N–H and O–H groups in total. The van der Waals surface area contributed by atoms with Crippen molar-refractivity contribution in [2.75, 3.05) is 83.5 Å². The van der Waals surface area contributed by atoms with E-state index in [1.165, 1.54) is 51.5 Å². The molecule has 77 heavy (non-hydrogen) atoms. The van der Waals surface area contributed by atoms with Gasteiger partial charge in [0.2, 0.25) is 17.7 Å². The van der Waals surface area contributed by atoms with E-state index in [0.717, 1.165) is 17.7 Å². The van der Waals surface area contributed by atoms with Crippen LogP contribution in [0.5, 0.6) is 0 Å². The van der Waals surface area contributed by atoms with Crippen LogP contribution in [-0.4, -0.2) is 156 Å². The number of benzene rings is 3. The number of hydrogen-bond donors (Lipinski definition) is 4. The minimum absolute atomic E-state index is 0.0775. The molecule has 4 aromatic rings. The molecule has 5 heterocycles. The van der Waals surface area contributed by atoms with Crippen LogP contribution in [0.4, 0.5) is 39.8 Å². The molecule has 9 atom stereocenters. The fraction of sp³-hybridized carbons (Fsp3) is 0.556. The van der Waals surface area contributed by atoms with Gasteiger partial charge in [0.15, 0.2) is 11.6 Å². The number of carbonyl (C=O) groups is 5. The van der Waals surface area contributed by atoms with Gasteiger partial charge in [0.1, 0.15) is 35.5 Å². The summed E-state index contributed by atoms with van der Waals surface area (Å²) in [5.74, 6) is -3.11. The van der Waals surface area contributed by atoms with E-state index in [-0.39, 0.29) is 35.3 Å². The number of alkyl carbamates (subject to hydrolysis) is 2. The maximum atomic E-state index is 16.9. The van der Waals surface area contributed by atoms with Gasteiger partial charge in [0.25, 0.3) is 0 Å². The number of aromatic nitrogens is 2. The summed E-state index contributed by atoms with van der Waals surface area (Å²) in [6, 6.07) is 9.68. The normalized spacial score (nSPS) is 22.9. The van der Waals surface area contributed by atoms with Crippen LogP contribution in [0.3, 0.4) is 0 Å². The van der Waals surface area contributed by atoms with Gasteiger partial charge in [-0.15, -0.1) is 0 Å². The van der Waals surface area contributed by atoms with Crippen molar-refractivity contribution in [2.24, 2.45) is 5.92 Å². The van der Waals surface area contributed by atoms with Crippen molar-refractivity contribution in [2.45, 2.75) is 120 Å². The minimum Gasteiger partial charge on any atom is -0.453 e. The molecule has 0 unspecified atom stereocenters. The van der Waals surface area contributed by atoms with Gasteiger partial charge in [-0.2, -0.15) is 0 Å². The molecule has 4 saturated heterocycles. The molecule has 3 aromatic carbocycles. The van der Waals surface area contributed by atoms with Crippen molar-refractivity contribution >= 4 is 66.1 Å². The monoisotopic (exact) mass is 1090 g/mol. The summed E-state index contributed by atoms with van der Waals surface area (Å²) >= 11 is 0. The van der Waals surface area contributed by atoms with E-state index in [4.69, 9.17) is 28.7 Å². The Morgan fingerprint density at radius 3 is 1.94 bits per heavy atom. The molecular weight excluding hydrogens is 1020 g/mol. The van der Waals surface area contributed by atoms with Gasteiger partial charge in [0.05, 0.1) is 70.3 Å². The van der Waals surface area contributed by atoms with Gasteiger partial charge in [-0.3, -0.25) is 14.4 Å². The summed E-state index contributed by atoms with van der Waals surface area (Å²) in [5.41, 5.74) is 2.40. The number of anilines is 3. The highest BCUT2D eigenvalue weighted by atomic mass is 28.3. The first-order valence-corrected chi connectivity index (χ1v) is 29.7. The van der Waals surface area contributed by atoms with Crippen LogP contribution in [0.1, 0.15) is 81.0 Å². The van der Waals surface area contributed by atoms with Crippen LogP contribution < -0.4 is 25.8 Å². The Morgan fingerprint density at radius 1 is 0.753 bits per heavy atom. The van der Waals surface area contributed by atoms with Gasteiger partial charge >= 0.3 is 12.2 Å². The maximum absolute atomic E-state index is 16.9. The molecule has 4 aliphatic rings. The number of methoxy groups -OCH3 is 5. The first-order chi connectivity index (χ1) is 36.8. The summed E-state index contributed by atoms with van der Waals surface area (Å²) in [5, 5.41) is 8.08. The van der Waals surface area contributed by atoms with E-state index >= 15 is 13.2 Å². The topological polar surface area (TPSA) is 209 Å². The number of ether oxygens (including phenoxy) is 5. The second-order valence-electron chi connectivity index (χ2n) is 21.4. The fourth-order valence-corrected chi connectivity index (χ4v) is 13.5. The Kier molecular flexibility index (Phi) is 17.7. The Balaban J connectivity index is 1.09. The van der Waals surface area contributed by atoms with Gasteiger partial charge in [-0.05, 0) is 93.9 Å². The lowest BCUT2D eigenvalue weighted by molar-refractivity contribution is -0.141. The first kappa shape index (κ1) is 56.8. The average Bonchev–Trinajstić information content (AvgIpc) is 4.28. The number of H-pyrrole nitrogens is 1. The Hall–Kier alpha value is -6.43. The summed E-state index contributed by atoms with van der Waals surface area (Å²) in [6.45, 7) is 9.83. The molecule has 0 spiro atoms. The lowest BCUT2D eigenvalue weighted by atomic mass is 10.0. The molecule has 0 radical (unpaired) electrons. The predicted octanol–water partition coefficient (Wildman–Crippen LogP) is 7.58. The first-order valence-electron chi connectivity index (χ1n) is 26.3. The number of rotatable bonds is 17. The van der Waals surface area contributed by atoms with Gasteiger partial charge < -0.3 is 64.2 Å². The molecule has 4 aliphatic heterocycles. The zero-order chi connectivity index (χ0) is 55.5. The number of hydrogen-bond acceptors (Lipinski definition) is 13. The Labute approximate surface area is 447 Å². The lowest BCUT2D eigenvalue weighted by Crippen LogP contribution is -2.56. The SMILES string of the molecule is COC[C@H]1C[C@@H](C(=O)Nc2ccc([C@H]3CC[C@H](c4cc5[nH]c([C@@H]6CCCN6C(=O)[C@H](NC(=O)OC)[C@@H](C)OC)nc5cc4F)N3c3cc(F)c(N4CC[Si](C)(C)CC4)c(F)c3)cc2)N(C(=O)[C@@H](NC(=O)OC)[C@@H](C)OC)C1. The summed E-state index contributed by atoms with van der Waals surface area (Å²) in [4.78, 5) is 81.5. The van der Waals surface area contributed by atoms with E-state index in [2.05, 4.69) is 34.0 Å². The van der Waals surface area contributed by atoms with Crippen LogP contribution in [0.25, 0.3) is 11.0 Å². The number of nitrogens with one attached hydrogen (secondary N) is 4. The number of fused-ring (bicyclic) bond motifs is 1. The zero-order valence-electron chi connectivity index (χ0n) is 45.3. The number of aromatic amines is 1. The number of halogens is 3. The van der Waals surface area contributed by atoms with Crippen molar-refractivity contribution in [1.82, 2.24) is 30.4 Å². The highest BCUT2D eigenvalue weighted by Crippen LogP contribution is 2.49. The van der Waals surface area contributed by atoms with E-state index in [0.29, 0.717) is 80.9 Å². The van der Waals surface area contributed by atoms with Crippen molar-refractivity contribution in [3.63, 3.8) is 0 Å². The van der Waals surface area contributed by atoms with Crippen LogP contribution in [-0.2, 0) is 38.1 Å². The van der Waals surface area contributed by atoms with E-state index in [9.17, 15) is 24.0 Å². The Morgan fingerprint density at radius 2 is 1.35 bits per heavy atom. The minimum atomic E-state index is -1.47. The molecule has 23 heteroatoms. The van der Waals surface area contributed by atoms with Gasteiger partial charge in [-0.1, -0.05) is 25.2 Å². The van der Waals surface area contributed by atoms with Gasteiger partial charge in [-0.25, -0.2) is 27.7 Å². The smallest absolute Gasteiger partial charge is 0.407 e. The zero-order valence-corrected chi connectivity index (χ0v) is 46.3. The summed E-state index contributed by atoms with van der Waals surface area (Å²) in [7, 11) is 5.30. The van der Waals surface area contributed by atoms with Crippen molar-refractivity contribution in [3.05, 3.63) is 82.9 Å². The third-order valence-electron chi connectivity index (χ3n) is 16.0. The molecule has 418 valence electrons. The number of likely N-dealkylation sites (tertiary alicyclic amines) is 2. The number of imidazole rings is 1. The standard InChI is InChI=1S/C54H72F3N9O10Si/c1-30(73-4)46(61-53(70)75-6)51(68)64-18-10-11-44(64)49-59-40-26-36(37(55)27-41(40)60-49)43-17-16-42(66(43)35-24-38(56)48(39(57)25-35)63-19-21-77(8,9)22-20-63)33-12-14-34(15-13-33)58-50(67)45-23-32(29-72-3)28-65(45)52(69)47(31(2)74-5)62-54(71)76-7/h12-15,24-27,30-32,42-47H,10-11,16-23,28-29H2,1-9H3,(H,58,67)(H,59,60)(H,61,70)(H,62,71)/t30-,31-,32+,42-,43-,44+,45+,46-,47+/m1/s1. The van der Waals surface area contributed by atoms with Crippen molar-refractivity contribution < 1.29 is 60.8 Å². The average molecular weight is 1090 g/mol. The number of amides is 5. The summed E-state index contributed by atoms with van der Waals surface area (Å²) < 4.78 is 75.8. The van der Waals surface area contributed by atoms with E-state index in [1.54, 1.807) is 49.0 Å². The lowest BCUT2D eigenvalue weighted by Gasteiger charge is -2.38. The number of carbonyl (C=O) groups excluding carboxylic acids is 5. The molecule has 4 fully saturated rings. The molecule has 0 bridgehead atoms. The quantitative estimate of drug-likeness (QED) is 0.0753. The molecule has 0 saturated carbocycles. The predicted molar refractivity (Wildman–Crippen MR) is 285 cm³/mol. The molecule has 1 aromatic heterocycles. The largest absolute Gasteiger partial charge is 0.453 e. The molecule has 8 rings (SSSR count). The van der Waals surface area contributed by atoms with E-state index < -0.39 is 98.0 Å². The van der Waals surface area contributed by atoms with Crippen LogP contribution in [0.2, 0.25) is 25.2 Å². The maximum Gasteiger partial charge on any atom is 0.407 e. The van der Waals surface area contributed by atoms with Crippen molar-refractivity contribution in [3.8, 4) is 0 Å². The van der Waals surface area contributed by atoms with Crippen LogP contribution >= 0.6 is 0 Å². The van der Waals surface area contributed by atoms with Crippen molar-refractivity contribution in [1.29, 1.82) is 0 Å². The third-order valence-corrected chi connectivity index (χ3v) is 19.2. The molecule has 5 amide bonds. The van der Waals surface area contributed by atoms with Crippen LogP contribution in [0.15, 0.2) is 48.5 Å². The Bertz CT molecular complexity index is 2770. The second kappa shape index (κ2) is 24.1. The molecular formula is C54H72F3N9O10Si. The van der Waals surface area contributed by atoms with Crippen LogP contribution in [0, 0.1) is 23.4 Å². The molecule has 19 nitrogen and oxygen atoms in total. The third kappa shape index (κ3) is 12.2. The number of nitrogens with zero attached hydrogens (tertiary/aromatic N) is 5. The summed E-state index contributed by atoms with van der Waals surface area (Å²) in [6.07, 6.45) is -0.707.